The van der Waals surface area contributed by atoms with E-state index in [0.717, 1.165) is 49.0 Å². The molecule has 0 aliphatic rings. The average molecular weight is 377 g/mol. The number of rotatable bonds is 9. The normalized spacial score (nSPS) is 11.2. The number of benzene rings is 2. The van der Waals surface area contributed by atoms with Crippen molar-refractivity contribution >= 4 is 5.96 Å². The number of ether oxygens (including phenoxy) is 1. The van der Waals surface area contributed by atoms with E-state index in [4.69, 9.17) is 14.1 Å². The zero-order valence-electron chi connectivity index (χ0n) is 16.2. The summed E-state index contributed by atoms with van der Waals surface area (Å²) in [5.74, 6) is 2.62. The first-order valence-electron chi connectivity index (χ1n) is 9.55. The SMILES string of the molecule is COc1ccc(CN=C(NCCc2ccccc2)NCCc2ccco2)cc1. The van der Waals surface area contributed by atoms with Gasteiger partial charge in [-0.3, -0.25) is 0 Å². The van der Waals surface area contributed by atoms with E-state index in [1.807, 2.05) is 42.5 Å². The summed E-state index contributed by atoms with van der Waals surface area (Å²) in [5.41, 5.74) is 2.44. The van der Waals surface area contributed by atoms with Gasteiger partial charge in [0.2, 0.25) is 0 Å². The van der Waals surface area contributed by atoms with Crippen LogP contribution in [-0.2, 0) is 19.4 Å². The molecule has 5 heteroatoms. The van der Waals surface area contributed by atoms with Crippen molar-refractivity contribution in [1.82, 2.24) is 10.6 Å². The van der Waals surface area contributed by atoms with E-state index >= 15 is 0 Å². The highest BCUT2D eigenvalue weighted by molar-refractivity contribution is 5.79. The minimum absolute atomic E-state index is 0.603. The lowest BCUT2D eigenvalue weighted by atomic mass is 10.1. The van der Waals surface area contributed by atoms with Gasteiger partial charge in [-0.15, -0.1) is 0 Å². The molecule has 0 radical (unpaired) electrons. The fourth-order valence-corrected chi connectivity index (χ4v) is 2.80. The lowest BCUT2D eigenvalue weighted by molar-refractivity contribution is 0.414. The highest BCUT2D eigenvalue weighted by Gasteiger charge is 2.02. The fourth-order valence-electron chi connectivity index (χ4n) is 2.80. The Morgan fingerprint density at radius 2 is 1.61 bits per heavy atom. The van der Waals surface area contributed by atoms with Crippen LogP contribution in [0.4, 0.5) is 0 Å². The highest BCUT2D eigenvalue weighted by atomic mass is 16.5. The van der Waals surface area contributed by atoms with Crippen LogP contribution in [0.1, 0.15) is 16.9 Å². The summed E-state index contributed by atoms with van der Waals surface area (Å²) < 4.78 is 10.6. The standard InChI is InChI=1S/C23H27N3O2/c1-27-21-11-9-20(10-12-21)18-26-23(25-16-14-22-8-5-17-28-22)24-15-13-19-6-3-2-4-7-19/h2-12,17H,13-16,18H2,1H3,(H2,24,25,26). The molecular formula is C23H27N3O2. The molecule has 0 amide bonds. The molecule has 0 aliphatic carbocycles. The van der Waals surface area contributed by atoms with Gasteiger partial charge in [-0.2, -0.15) is 0 Å². The number of nitrogens with one attached hydrogen (secondary N) is 2. The van der Waals surface area contributed by atoms with Crippen LogP contribution < -0.4 is 15.4 Å². The Morgan fingerprint density at radius 3 is 2.29 bits per heavy atom. The average Bonchev–Trinajstić information content (AvgIpc) is 3.26. The van der Waals surface area contributed by atoms with Gasteiger partial charge >= 0.3 is 0 Å². The van der Waals surface area contributed by atoms with Crippen molar-refractivity contribution in [3.8, 4) is 5.75 Å². The third-order valence-corrected chi connectivity index (χ3v) is 4.37. The maximum absolute atomic E-state index is 5.39. The molecule has 3 rings (SSSR count). The van der Waals surface area contributed by atoms with Crippen molar-refractivity contribution in [3.05, 3.63) is 89.9 Å². The number of guanidine groups is 1. The smallest absolute Gasteiger partial charge is 0.191 e. The highest BCUT2D eigenvalue weighted by Crippen LogP contribution is 2.11. The maximum Gasteiger partial charge on any atom is 0.191 e. The summed E-state index contributed by atoms with van der Waals surface area (Å²) in [4.78, 5) is 4.72. The van der Waals surface area contributed by atoms with Crippen molar-refractivity contribution < 1.29 is 9.15 Å². The monoisotopic (exact) mass is 377 g/mol. The van der Waals surface area contributed by atoms with E-state index in [1.165, 1.54) is 5.56 Å². The zero-order valence-corrected chi connectivity index (χ0v) is 16.2. The molecule has 1 aromatic heterocycles. The second kappa shape index (κ2) is 10.8. The zero-order chi connectivity index (χ0) is 19.4. The van der Waals surface area contributed by atoms with Gasteiger partial charge in [0.1, 0.15) is 11.5 Å². The molecule has 0 aliphatic heterocycles. The van der Waals surface area contributed by atoms with Crippen LogP contribution in [0.15, 0.2) is 82.4 Å². The van der Waals surface area contributed by atoms with Crippen LogP contribution in [-0.4, -0.2) is 26.2 Å². The first kappa shape index (κ1) is 19.5. The molecule has 3 aromatic rings. The third-order valence-electron chi connectivity index (χ3n) is 4.37. The molecule has 0 atom stereocenters. The van der Waals surface area contributed by atoms with Crippen LogP contribution in [0.5, 0.6) is 5.75 Å². The van der Waals surface area contributed by atoms with Crippen molar-refractivity contribution in [2.24, 2.45) is 4.99 Å². The predicted molar refractivity (Wildman–Crippen MR) is 113 cm³/mol. The van der Waals surface area contributed by atoms with E-state index < -0.39 is 0 Å². The molecule has 0 bridgehead atoms. The molecule has 28 heavy (non-hydrogen) atoms. The third kappa shape index (κ3) is 6.50. The molecule has 0 unspecified atom stereocenters. The van der Waals surface area contributed by atoms with E-state index in [2.05, 4.69) is 34.9 Å². The van der Waals surface area contributed by atoms with Crippen LogP contribution in [0.3, 0.4) is 0 Å². The summed E-state index contributed by atoms with van der Waals surface area (Å²) in [6, 6.07) is 22.3. The Bertz CT molecular complexity index is 828. The van der Waals surface area contributed by atoms with E-state index in [1.54, 1.807) is 13.4 Å². The number of aliphatic imine (C=N–C) groups is 1. The van der Waals surface area contributed by atoms with E-state index in [0.29, 0.717) is 6.54 Å². The second-order valence-corrected chi connectivity index (χ2v) is 6.43. The molecule has 5 nitrogen and oxygen atoms in total. The van der Waals surface area contributed by atoms with E-state index in [-0.39, 0.29) is 0 Å². The molecule has 2 aromatic carbocycles. The van der Waals surface area contributed by atoms with Gasteiger partial charge in [0.15, 0.2) is 5.96 Å². The van der Waals surface area contributed by atoms with Crippen molar-refractivity contribution in [3.63, 3.8) is 0 Å². The largest absolute Gasteiger partial charge is 0.497 e. The Balaban J connectivity index is 1.55. The van der Waals surface area contributed by atoms with Gasteiger partial charge in [0.25, 0.3) is 0 Å². The van der Waals surface area contributed by atoms with Crippen LogP contribution in [0, 0.1) is 0 Å². The van der Waals surface area contributed by atoms with Crippen LogP contribution >= 0.6 is 0 Å². The minimum Gasteiger partial charge on any atom is -0.497 e. The summed E-state index contributed by atoms with van der Waals surface area (Å²) in [7, 11) is 1.67. The maximum atomic E-state index is 5.39. The predicted octanol–water partition coefficient (Wildman–Crippen LogP) is 3.81. The number of hydrogen-bond donors (Lipinski definition) is 2. The molecule has 0 spiro atoms. The first-order chi connectivity index (χ1) is 13.8. The lowest BCUT2D eigenvalue weighted by Crippen LogP contribution is -2.39. The summed E-state index contributed by atoms with van der Waals surface area (Å²) in [5, 5.41) is 6.82. The van der Waals surface area contributed by atoms with Gasteiger partial charge in [0.05, 0.1) is 19.9 Å². The van der Waals surface area contributed by atoms with Gasteiger partial charge in [-0.1, -0.05) is 42.5 Å². The number of methoxy groups -OCH3 is 1. The Kier molecular flexibility index (Phi) is 7.56. The van der Waals surface area contributed by atoms with Crippen molar-refractivity contribution in [2.45, 2.75) is 19.4 Å². The molecule has 0 saturated carbocycles. The topological polar surface area (TPSA) is 58.8 Å². The van der Waals surface area contributed by atoms with Crippen LogP contribution in [0.25, 0.3) is 0 Å². The van der Waals surface area contributed by atoms with Crippen molar-refractivity contribution in [1.29, 1.82) is 0 Å². The number of nitrogens with zero attached hydrogens (tertiary/aromatic N) is 1. The number of furan rings is 1. The molecule has 2 N–H and O–H groups in total. The quantitative estimate of drug-likeness (QED) is 0.440. The van der Waals surface area contributed by atoms with Gasteiger partial charge < -0.3 is 19.8 Å². The van der Waals surface area contributed by atoms with Gasteiger partial charge in [0, 0.05) is 19.5 Å². The molecule has 0 saturated heterocycles. The van der Waals surface area contributed by atoms with Gasteiger partial charge in [-0.05, 0) is 41.8 Å². The Morgan fingerprint density at radius 1 is 0.857 bits per heavy atom. The minimum atomic E-state index is 0.603. The van der Waals surface area contributed by atoms with Crippen molar-refractivity contribution in [2.75, 3.05) is 20.2 Å². The molecule has 1 heterocycles. The lowest BCUT2D eigenvalue weighted by Gasteiger charge is -2.12. The second-order valence-electron chi connectivity index (χ2n) is 6.43. The molecule has 0 fully saturated rings. The Hall–Kier alpha value is -3.21. The Labute approximate surface area is 166 Å². The molecule has 146 valence electrons. The summed E-state index contributed by atoms with van der Waals surface area (Å²) in [6.07, 6.45) is 3.46. The van der Waals surface area contributed by atoms with Crippen LogP contribution in [0.2, 0.25) is 0 Å². The van der Waals surface area contributed by atoms with E-state index in [9.17, 15) is 0 Å². The number of hydrogen-bond acceptors (Lipinski definition) is 3. The fraction of sp³-hybridized carbons (Fsp3) is 0.261. The first-order valence-corrected chi connectivity index (χ1v) is 9.55. The molecular weight excluding hydrogens is 350 g/mol. The summed E-state index contributed by atoms with van der Waals surface area (Å²) in [6.45, 7) is 2.18. The summed E-state index contributed by atoms with van der Waals surface area (Å²) >= 11 is 0. The van der Waals surface area contributed by atoms with Gasteiger partial charge in [-0.25, -0.2) is 4.99 Å².